The van der Waals surface area contributed by atoms with Crippen molar-refractivity contribution < 1.29 is 4.79 Å². The molecule has 0 aliphatic heterocycles. The smallest absolute Gasteiger partial charge is 0.250 e. The zero-order valence-corrected chi connectivity index (χ0v) is 11.4. The van der Waals surface area contributed by atoms with Gasteiger partial charge in [0.15, 0.2) is 0 Å². The van der Waals surface area contributed by atoms with Gasteiger partial charge < -0.3 is 15.6 Å². The summed E-state index contributed by atoms with van der Waals surface area (Å²) in [7, 11) is 0. The number of pyridine rings is 1. The largest absolute Gasteiger partial charge is 0.397 e. The standard InChI is InChI=1S/C14H14ClN3O2/c15-10-4-5-11(16)12(9-10)17-13(19)6-8-18-7-2-1-3-14(18)20/h1-5,7,9H,6,8,16H2,(H,17,19). The Bertz CT molecular complexity index is 682. The first-order valence-electron chi connectivity index (χ1n) is 6.06. The van der Waals surface area contributed by atoms with Crippen LogP contribution in [0, 0.1) is 0 Å². The first-order valence-corrected chi connectivity index (χ1v) is 6.44. The minimum absolute atomic E-state index is 0.137. The van der Waals surface area contributed by atoms with Crippen LogP contribution in [0.15, 0.2) is 47.4 Å². The summed E-state index contributed by atoms with van der Waals surface area (Å²) in [6.07, 6.45) is 1.82. The SMILES string of the molecule is Nc1ccc(Cl)cc1NC(=O)CCn1ccccc1=O. The number of amides is 1. The van der Waals surface area contributed by atoms with Gasteiger partial charge in [0.2, 0.25) is 5.91 Å². The van der Waals surface area contributed by atoms with Crippen LogP contribution < -0.4 is 16.6 Å². The lowest BCUT2D eigenvalue weighted by atomic mass is 10.2. The molecule has 104 valence electrons. The molecule has 0 aliphatic carbocycles. The van der Waals surface area contributed by atoms with Gasteiger partial charge in [-0.2, -0.15) is 0 Å². The molecule has 1 aromatic heterocycles. The van der Waals surface area contributed by atoms with E-state index >= 15 is 0 Å². The minimum Gasteiger partial charge on any atom is -0.397 e. The summed E-state index contributed by atoms with van der Waals surface area (Å²) < 4.78 is 1.47. The molecule has 6 heteroatoms. The normalized spacial score (nSPS) is 10.2. The van der Waals surface area contributed by atoms with Crippen molar-refractivity contribution in [1.29, 1.82) is 0 Å². The number of carbonyl (C=O) groups is 1. The van der Waals surface area contributed by atoms with E-state index in [9.17, 15) is 9.59 Å². The van der Waals surface area contributed by atoms with Crippen molar-refractivity contribution in [3.8, 4) is 0 Å². The number of halogens is 1. The molecule has 0 atom stereocenters. The van der Waals surface area contributed by atoms with Gasteiger partial charge >= 0.3 is 0 Å². The second-order valence-corrected chi connectivity index (χ2v) is 4.70. The third-order valence-electron chi connectivity index (χ3n) is 2.77. The van der Waals surface area contributed by atoms with Gasteiger partial charge in [-0.3, -0.25) is 9.59 Å². The molecule has 20 heavy (non-hydrogen) atoms. The minimum atomic E-state index is -0.227. The number of benzene rings is 1. The van der Waals surface area contributed by atoms with Gasteiger partial charge in [-0.05, 0) is 24.3 Å². The van der Waals surface area contributed by atoms with Crippen LogP contribution >= 0.6 is 11.6 Å². The number of aromatic nitrogens is 1. The Balaban J connectivity index is 1.98. The monoisotopic (exact) mass is 291 g/mol. The summed E-state index contributed by atoms with van der Waals surface area (Å²) in [5, 5.41) is 3.17. The maximum atomic E-state index is 11.8. The molecule has 0 unspecified atom stereocenters. The highest BCUT2D eigenvalue weighted by Crippen LogP contribution is 2.22. The molecule has 1 aromatic carbocycles. The topological polar surface area (TPSA) is 77.1 Å². The molecule has 0 saturated carbocycles. The predicted octanol–water partition coefficient (Wildman–Crippen LogP) is 2.11. The van der Waals surface area contributed by atoms with E-state index in [2.05, 4.69) is 5.32 Å². The number of anilines is 2. The van der Waals surface area contributed by atoms with Gasteiger partial charge in [-0.15, -0.1) is 0 Å². The molecular weight excluding hydrogens is 278 g/mol. The Morgan fingerprint density at radius 2 is 2.10 bits per heavy atom. The predicted molar refractivity (Wildman–Crippen MR) is 79.8 cm³/mol. The summed E-state index contributed by atoms with van der Waals surface area (Å²) in [4.78, 5) is 23.3. The van der Waals surface area contributed by atoms with Gasteiger partial charge in [0.25, 0.3) is 5.56 Å². The van der Waals surface area contributed by atoms with Crippen molar-refractivity contribution in [2.24, 2.45) is 0 Å². The van der Waals surface area contributed by atoms with E-state index in [1.165, 1.54) is 10.6 Å². The highest BCUT2D eigenvalue weighted by molar-refractivity contribution is 6.31. The third-order valence-corrected chi connectivity index (χ3v) is 3.00. The van der Waals surface area contributed by atoms with Gasteiger partial charge in [0.05, 0.1) is 11.4 Å². The number of hydrogen-bond acceptors (Lipinski definition) is 3. The second kappa shape index (κ2) is 6.25. The number of nitrogens with zero attached hydrogens (tertiary/aromatic N) is 1. The zero-order chi connectivity index (χ0) is 14.5. The van der Waals surface area contributed by atoms with Crippen molar-refractivity contribution in [3.05, 3.63) is 58.0 Å². The summed E-state index contributed by atoms with van der Waals surface area (Å²) in [6, 6.07) is 9.71. The molecule has 1 amide bonds. The van der Waals surface area contributed by atoms with Gasteiger partial charge in [0.1, 0.15) is 0 Å². The average Bonchev–Trinajstić information content (AvgIpc) is 2.42. The molecule has 1 heterocycles. The number of nitrogens with one attached hydrogen (secondary N) is 1. The van der Waals surface area contributed by atoms with Crippen molar-refractivity contribution in [2.75, 3.05) is 11.1 Å². The molecule has 0 saturated heterocycles. The summed E-state index contributed by atoms with van der Waals surface area (Å²) in [6.45, 7) is 0.311. The lowest BCUT2D eigenvalue weighted by Crippen LogP contribution is -2.22. The molecule has 0 fully saturated rings. The van der Waals surface area contributed by atoms with Crippen LogP contribution in [0.5, 0.6) is 0 Å². The summed E-state index contributed by atoms with van der Waals surface area (Å²) in [5.41, 5.74) is 6.52. The van der Waals surface area contributed by atoms with E-state index in [0.717, 1.165) is 0 Å². The quantitative estimate of drug-likeness (QED) is 0.847. The van der Waals surface area contributed by atoms with Gasteiger partial charge in [-0.1, -0.05) is 17.7 Å². The molecule has 2 rings (SSSR count). The molecule has 0 aliphatic rings. The fourth-order valence-electron chi connectivity index (χ4n) is 1.72. The maximum Gasteiger partial charge on any atom is 0.250 e. The number of nitrogen functional groups attached to an aromatic ring is 1. The third kappa shape index (κ3) is 3.61. The number of carbonyl (C=O) groups excluding carboxylic acids is 1. The van der Waals surface area contributed by atoms with Crippen LogP contribution in [0.2, 0.25) is 5.02 Å². The highest BCUT2D eigenvalue weighted by atomic mass is 35.5. The molecule has 2 aromatic rings. The van der Waals surface area contributed by atoms with Crippen molar-refractivity contribution in [1.82, 2.24) is 4.57 Å². The van der Waals surface area contributed by atoms with Crippen molar-refractivity contribution in [2.45, 2.75) is 13.0 Å². The molecular formula is C14H14ClN3O2. The average molecular weight is 292 g/mol. The maximum absolute atomic E-state index is 11.8. The first kappa shape index (κ1) is 14.1. The van der Waals surface area contributed by atoms with Crippen LogP contribution in [0.4, 0.5) is 11.4 Å². The van der Waals surface area contributed by atoms with Crippen LogP contribution in [-0.4, -0.2) is 10.5 Å². The zero-order valence-electron chi connectivity index (χ0n) is 10.7. The van der Waals surface area contributed by atoms with Gasteiger partial charge in [0, 0.05) is 30.3 Å². The Morgan fingerprint density at radius 1 is 1.30 bits per heavy atom. The first-order chi connectivity index (χ1) is 9.56. The Labute approximate surface area is 121 Å². The molecule has 5 nitrogen and oxygen atoms in total. The fraction of sp³-hybridized carbons (Fsp3) is 0.143. The summed E-state index contributed by atoms with van der Waals surface area (Å²) >= 11 is 5.84. The van der Waals surface area contributed by atoms with E-state index in [0.29, 0.717) is 22.9 Å². The van der Waals surface area contributed by atoms with Crippen molar-refractivity contribution in [3.63, 3.8) is 0 Å². The van der Waals surface area contributed by atoms with E-state index in [-0.39, 0.29) is 17.9 Å². The Hall–Kier alpha value is -2.27. The lowest BCUT2D eigenvalue weighted by molar-refractivity contribution is -0.116. The lowest BCUT2D eigenvalue weighted by Gasteiger charge is -2.09. The number of hydrogen-bond donors (Lipinski definition) is 2. The number of nitrogens with two attached hydrogens (primary N) is 1. The van der Waals surface area contributed by atoms with Crippen LogP contribution in [-0.2, 0) is 11.3 Å². The van der Waals surface area contributed by atoms with Crippen LogP contribution in [0.3, 0.4) is 0 Å². The Morgan fingerprint density at radius 3 is 2.85 bits per heavy atom. The molecule has 0 bridgehead atoms. The Kier molecular flexibility index (Phi) is 4.42. The molecule has 3 N–H and O–H groups in total. The number of aryl methyl sites for hydroxylation is 1. The van der Waals surface area contributed by atoms with E-state index in [1.807, 2.05) is 0 Å². The van der Waals surface area contributed by atoms with E-state index in [1.54, 1.807) is 36.5 Å². The highest BCUT2D eigenvalue weighted by Gasteiger charge is 2.06. The van der Waals surface area contributed by atoms with Crippen LogP contribution in [0.1, 0.15) is 6.42 Å². The van der Waals surface area contributed by atoms with Crippen molar-refractivity contribution >= 4 is 28.9 Å². The number of rotatable bonds is 4. The van der Waals surface area contributed by atoms with Crippen LogP contribution in [0.25, 0.3) is 0 Å². The molecule has 0 spiro atoms. The van der Waals surface area contributed by atoms with Gasteiger partial charge in [-0.25, -0.2) is 0 Å². The molecule has 0 radical (unpaired) electrons. The van der Waals surface area contributed by atoms with E-state index in [4.69, 9.17) is 17.3 Å². The second-order valence-electron chi connectivity index (χ2n) is 4.26. The fourth-order valence-corrected chi connectivity index (χ4v) is 1.89. The van der Waals surface area contributed by atoms with E-state index < -0.39 is 0 Å². The summed E-state index contributed by atoms with van der Waals surface area (Å²) in [5.74, 6) is -0.227.